The van der Waals surface area contributed by atoms with E-state index in [0.717, 1.165) is 19.5 Å². The Balaban J connectivity index is 1.90. The van der Waals surface area contributed by atoms with Gasteiger partial charge in [0, 0.05) is 25.2 Å². The second-order valence-corrected chi connectivity index (χ2v) is 6.20. The van der Waals surface area contributed by atoms with Gasteiger partial charge in [-0.1, -0.05) is 31.2 Å². The molecule has 0 bridgehead atoms. The van der Waals surface area contributed by atoms with Crippen LogP contribution in [-0.2, 0) is 6.42 Å². The molecule has 2 rings (SSSR count). The molecule has 0 spiro atoms. The van der Waals surface area contributed by atoms with Gasteiger partial charge in [-0.2, -0.15) is 0 Å². The number of hydrogen-bond acceptors (Lipinski definition) is 3. The van der Waals surface area contributed by atoms with Crippen LogP contribution in [0.2, 0.25) is 0 Å². The number of piperidine rings is 1. The lowest BCUT2D eigenvalue weighted by Gasteiger charge is -2.37. The van der Waals surface area contributed by atoms with Crippen molar-refractivity contribution in [2.45, 2.75) is 38.3 Å². The van der Waals surface area contributed by atoms with Gasteiger partial charge >= 0.3 is 0 Å². The fourth-order valence-electron chi connectivity index (χ4n) is 3.06. The number of aryl methyl sites for hydroxylation is 1. The summed E-state index contributed by atoms with van der Waals surface area (Å²) in [4.78, 5) is 4.86. The largest absolute Gasteiger partial charge is 0.323 e. The van der Waals surface area contributed by atoms with Gasteiger partial charge in [-0.15, -0.1) is 0 Å². The molecule has 112 valence electrons. The van der Waals surface area contributed by atoms with Gasteiger partial charge in [0.1, 0.15) is 0 Å². The Hall–Kier alpha value is -0.900. The monoisotopic (exact) mass is 275 g/mol. The number of nitrogens with two attached hydrogens (primary N) is 1. The molecule has 0 amide bonds. The molecule has 1 aromatic rings. The van der Waals surface area contributed by atoms with E-state index in [2.05, 4.69) is 55.1 Å². The maximum atomic E-state index is 6.37. The van der Waals surface area contributed by atoms with E-state index in [0.29, 0.717) is 6.04 Å². The van der Waals surface area contributed by atoms with Crippen LogP contribution in [0.3, 0.4) is 0 Å². The molecule has 3 heteroatoms. The lowest BCUT2D eigenvalue weighted by molar-refractivity contribution is 0.129. The molecule has 1 aliphatic rings. The van der Waals surface area contributed by atoms with Crippen molar-refractivity contribution in [1.29, 1.82) is 0 Å². The maximum absolute atomic E-state index is 6.37. The van der Waals surface area contributed by atoms with E-state index in [9.17, 15) is 0 Å². The molecule has 1 aliphatic heterocycles. The van der Waals surface area contributed by atoms with E-state index in [1.165, 1.54) is 30.5 Å². The van der Waals surface area contributed by atoms with Crippen LogP contribution in [0, 0.1) is 0 Å². The normalized spacial score (nSPS) is 22.1. The van der Waals surface area contributed by atoms with Gasteiger partial charge in [-0.25, -0.2) is 0 Å². The molecule has 3 nitrogen and oxygen atoms in total. The third kappa shape index (κ3) is 4.05. The Morgan fingerprint density at radius 1 is 1.35 bits per heavy atom. The predicted octanol–water partition coefficient (Wildman–Crippen LogP) is 2.27. The Labute approximate surface area is 123 Å². The van der Waals surface area contributed by atoms with Crippen molar-refractivity contribution < 1.29 is 0 Å². The summed E-state index contributed by atoms with van der Waals surface area (Å²) in [5.41, 5.74) is 9.00. The van der Waals surface area contributed by atoms with Crippen LogP contribution >= 0.6 is 0 Å². The van der Waals surface area contributed by atoms with Crippen LogP contribution in [0.1, 0.15) is 36.9 Å². The molecule has 0 saturated carbocycles. The summed E-state index contributed by atoms with van der Waals surface area (Å²) >= 11 is 0. The van der Waals surface area contributed by atoms with Gasteiger partial charge in [-0.3, -0.25) is 0 Å². The number of nitrogens with zero attached hydrogens (tertiary/aromatic N) is 2. The van der Waals surface area contributed by atoms with Gasteiger partial charge in [0.2, 0.25) is 0 Å². The molecule has 2 unspecified atom stereocenters. The second kappa shape index (κ2) is 7.21. The first-order chi connectivity index (χ1) is 9.60. The van der Waals surface area contributed by atoms with E-state index in [1.807, 2.05) is 0 Å². The molecule has 1 fully saturated rings. The van der Waals surface area contributed by atoms with E-state index >= 15 is 0 Å². The summed E-state index contributed by atoms with van der Waals surface area (Å²) in [6.45, 7) is 5.51. The second-order valence-electron chi connectivity index (χ2n) is 6.20. The highest BCUT2D eigenvalue weighted by molar-refractivity contribution is 5.25. The van der Waals surface area contributed by atoms with Gasteiger partial charge in [0.05, 0.1) is 0 Å². The highest BCUT2D eigenvalue weighted by Crippen LogP contribution is 2.18. The summed E-state index contributed by atoms with van der Waals surface area (Å²) in [6.07, 6.45) is 3.68. The minimum Gasteiger partial charge on any atom is -0.323 e. The molecular formula is C17H29N3. The highest BCUT2D eigenvalue weighted by Gasteiger charge is 2.22. The Morgan fingerprint density at radius 2 is 2.05 bits per heavy atom. The van der Waals surface area contributed by atoms with Crippen molar-refractivity contribution in [3.05, 3.63) is 35.4 Å². The van der Waals surface area contributed by atoms with Crippen LogP contribution in [0.4, 0.5) is 0 Å². The lowest BCUT2D eigenvalue weighted by Crippen LogP contribution is -2.46. The quantitative estimate of drug-likeness (QED) is 0.895. The van der Waals surface area contributed by atoms with Crippen molar-refractivity contribution in [2.75, 3.05) is 33.7 Å². The average molecular weight is 275 g/mol. The molecule has 20 heavy (non-hydrogen) atoms. The van der Waals surface area contributed by atoms with Crippen molar-refractivity contribution >= 4 is 0 Å². The van der Waals surface area contributed by atoms with Crippen LogP contribution in [0.25, 0.3) is 0 Å². The van der Waals surface area contributed by atoms with Gasteiger partial charge in [0.25, 0.3) is 0 Å². The van der Waals surface area contributed by atoms with Crippen LogP contribution in [0.5, 0.6) is 0 Å². The molecule has 0 aromatic heterocycles. The SMILES string of the molecule is CCc1ccc(C(N)CN(C)C2CCCN(C)C2)cc1. The van der Waals surface area contributed by atoms with Crippen LogP contribution in [-0.4, -0.2) is 49.6 Å². The molecular weight excluding hydrogens is 246 g/mol. The minimum absolute atomic E-state index is 0.109. The molecule has 1 aromatic carbocycles. The Bertz CT molecular complexity index is 401. The van der Waals surface area contributed by atoms with E-state index < -0.39 is 0 Å². The van der Waals surface area contributed by atoms with Crippen molar-refractivity contribution in [2.24, 2.45) is 5.73 Å². The molecule has 0 aliphatic carbocycles. The summed E-state index contributed by atoms with van der Waals surface area (Å²) in [6, 6.07) is 9.52. The number of rotatable bonds is 5. The third-order valence-corrected chi connectivity index (χ3v) is 4.52. The molecule has 1 saturated heterocycles. The number of likely N-dealkylation sites (tertiary alicyclic amines) is 1. The first-order valence-corrected chi connectivity index (χ1v) is 7.83. The van der Waals surface area contributed by atoms with Crippen molar-refractivity contribution in [3.63, 3.8) is 0 Å². The van der Waals surface area contributed by atoms with Gasteiger partial charge in [-0.05, 0) is 51.0 Å². The zero-order valence-electron chi connectivity index (χ0n) is 13.2. The fourth-order valence-corrected chi connectivity index (χ4v) is 3.06. The molecule has 2 N–H and O–H groups in total. The zero-order valence-corrected chi connectivity index (χ0v) is 13.2. The summed E-state index contributed by atoms with van der Waals surface area (Å²) in [5.74, 6) is 0. The van der Waals surface area contributed by atoms with Crippen LogP contribution in [0.15, 0.2) is 24.3 Å². The van der Waals surface area contributed by atoms with Crippen LogP contribution < -0.4 is 5.73 Å². The Morgan fingerprint density at radius 3 is 2.65 bits per heavy atom. The first kappa shape index (κ1) is 15.5. The van der Waals surface area contributed by atoms with E-state index in [1.54, 1.807) is 0 Å². The van der Waals surface area contributed by atoms with Gasteiger partial charge < -0.3 is 15.5 Å². The number of likely N-dealkylation sites (N-methyl/N-ethyl adjacent to an activating group) is 2. The van der Waals surface area contributed by atoms with Crippen molar-refractivity contribution in [1.82, 2.24) is 9.80 Å². The average Bonchev–Trinajstić information content (AvgIpc) is 2.47. The zero-order chi connectivity index (χ0) is 14.5. The topological polar surface area (TPSA) is 32.5 Å². The summed E-state index contributed by atoms with van der Waals surface area (Å²) in [5, 5.41) is 0. The minimum atomic E-state index is 0.109. The maximum Gasteiger partial charge on any atom is 0.0424 e. The predicted molar refractivity (Wildman–Crippen MR) is 85.9 cm³/mol. The lowest BCUT2D eigenvalue weighted by atomic mass is 10.0. The number of hydrogen-bond donors (Lipinski definition) is 1. The first-order valence-electron chi connectivity index (χ1n) is 7.83. The molecule has 2 atom stereocenters. The standard InChI is InChI=1S/C17H29N3/c1-4-14-7-9-15(10-8-14)17(18)13-20(3)16-6-5-11-19(2)12-16/h7-10,16-17H,4-6,11-13,18H2,1-3H3. The molecule has 0 radical (unpaired) electrons. The van der Waals surface area contributed by atoms with E-state index in [4.69, 9.17) is 5.73 Å². The summed E-state index contributed by atoms with van der Waals surface area (Å²) < 4.78 is 0. The summed E-state index contributed by atoms with van der Waals surface area (Å²) in [7, 11) is 4.42. The Kier molecular flexibility index (Phi) is 5.58. The van der Waals surface area contributed by atoms with Gasteiger partial charge in [0.15, 0.2) is 0 Å². The third-order valence-electron chi connectivity index (χ3n) is 4.52. The highest BCUT2D eigenvalue weighted by atomic mass is 15.2. The number of benzene rings is 1. The fraction of sp³-hybridized carbons (Fsp3) is 0.647. The van der Waals surface area contributed by atoms with E-state index in [-0.39, 0.29) is 6.04 Å². The smallest absolute Gasteiger partial charge is 0.0424 e. The van der Waals surface area contributed by atoms with Crippen molar-refractivity contribution in [3.8, 4) is 0 Å². The molecule has 1 heterocycles.